The Morgan fingerprint density at radius 1 is 1.40 bits per heavy atom. The van der Waals surface area contributed by atoms with Crippen LogP contribution in [0.4, 0.5) is 0 Å². The predicted octanol–water partition coefficient (Wildman–Crippen LogP) is 1.37. The molecule has 88 valence electrons. The van der Waals surface area contributed by atoms with Gasteiger partial charge in [0, 0.05) is 25.2 Å². The maximum absolute atomic E-state index is 5.98. The van der Waals surface area contributed by atoms with Crippen LogP contribution in [0.5, 0.6) is 0 Å². The maximum Gasteiger partial charge on any atom is 0.0607 e. The SMILES string of the molecule is COC1CC(CN)(N2CCCCC2C)C1. The van der Waals surface area contributed by atoms with Crippen LogP contribution in [0.2, 0.25) is 0 Å². The van der Waals surface area contributed by atoms with E-state index in [1.165, 1.54) is 25.8 Å². The van der Waals surface area contributed by atoms with E-state index >= 15 is 0 Å². The van der Waals surface area contributed by atoms with Gasteiger partial charge in [0.2, 0.25) is 0 Å². The first kappa shape index (κ1) is 11.4. The molecular weight excluding hydrogens is 188 g/mol. The fourth-order valence-electron chi connectivity index (χ4n) is 3.28. The Balaban J connectivity index is 2.00. The number of piperidine rings is 1. The number of nitrogens with zero attached hydrogens (tertiary/aromatic N) is 1. The van der Waals surface area contributed by atoms with Crippen molar-refractivity contribution in [3.05, 3.63) is 0 Å². The van der Waals surface area contributed by atoms with Crippen molar-refractivity contribution >= 4 is 0 Å². The molecule has 1 heterocycles. The van der Waals surface area contributed by atoms with Crippen molar-refractivity contribution in [3.8, 4) is 0 Å². The first-order valence-electron chi connectivity index (χ1n) is 6.21. The summed E-state index contributed by atoms with van der Waals surface area (Å²) in [6.45, 7) is 4.36. The number of likely N-dealkylation sites (tertiary alicyclic amines) is 1. The van der Waals surface area contributed by atoms with Gasteiger partial charge in [0.15, 0.2) is 0 Å². The Hall–Kier alpha value is -0.120. The van der Waals surface area contributed by atoms with E-state index in [2.05, 4.69) is 11.8 Å². The number of nitrogens with two attached hydrogens (primary N) is 1. The molecular formula is C12H24N2O. The minimum absolute atomic E-state index is 0.264. The van der Waals surface area contributed by atoms with E-state index in [0.717, 1.165) is 19.4 Å². The van der Waals surface area contributed by atoms with Crippen molar-refractivity contribution in [2.75, 3.05) is 20.2 Å². The van der Waals surface area contributed by atoms with Gasteiger partial charge in [0.25, 0.3) is 0 Å². The lowest BCUT2D eigenvalue weighted by Gasteiger charge is -2.56. The molecule has 2 aliphatic rings. The second kappa shape index (κ2) is 4.40. The smallest absolute Gasteiger partial charge is 0.0607 e. The number of hydrogen-bond donors (Lipinski definition) is 1. The Labute approximate surface area is 93.0 Å². The average molecular weight is 212 g/mol. The Morgan fingerprint density at radius 2 is 2.13 bits per heavy atom. The molecule has 3 heteroatoms. The van der Waals surface area contributed by atoms with Crippen molar-refractivity contribution in [1.29, 1.82) is 0 Å². The van der Waals surface area contributed by atoms with Crippen molar-refractivity contribution in [3.63, 3.8) is 0 Å². The average Bonchev–Trinajstić information content (AvgIpc) is 2.20. The molecule has 1 atom stereocenters. The summed E-state index contributed by atoms with van der Waals surface area (Å²) in [5.41, 5.74) is 6.25. The summed E-state index contributed by atoms with van der Waals surface area (Å²) < 4.78 is 5.39. The van der Waals surface area contributed by atoms with Gasteiger partial charge in [-0.1, -0.05) is 6.42 Å². The third kappa shape index (κ3) is 1.93. The highest BCUT2D eigenvalue weighted by Gasteiger charge is 2.49. The van der Waals surface area contributed by atoms with Crippen LogP contribution in [-0.2, 0) is 4.74 Å². The zero-order valence-corrected chi connectivity index (χ0v) is 10.0. The van der Waals surface area contributed by atoms with E-state index in [1.54, 1.807) is 0 Å². The Bertz CT molecular complexity index is 214. The van der Waals surface area contributed by atoms with Gasteiger partial charge in [-0.2, -0.15) is 0 Å². The number of methoxy groups -OCH3 is 1. The minimum Gasteiger partial charge on any atom is -0.381 e. The van der Waals surface area contributed by atoms with Crippen molar-refractivity contribution in [1.82, 2.24) is 4.90 Å². The van der Waals surface area contributed by atoms with Gasteiger partial charge in [-0.05, 0) is 39.2 Å². The molecule has 1 aliphatic heterocycles. The van der Waals surface area contributed by atoms with Crippen LogP contribution < -0.4 is 5.73 Å². The zero-order valence-electron chi connectivity index (χ0n) is 10.0. The van der Waals surface area contributed by atoms with Gasteiger partial charge in [-0.15, -0.1) is 0 Å². The molecule has 15 heavy (non-hydrogen) atoms. The summed E-state index contributed by atoms with van der Waals surface area (Å²) in [6, 6.07) is 0.708. The van der Waals surface area contributed by atoms with Crippen LogP contribution in [0.3, 0.4) is 0 Å². The van der Waals surface area contributed by atoms with E-state index in [4.69, 9.17) is 10.5 Å². The lowest BCUT2D eigenvalue weighted by Crippen LogP contribution is -2.66. The van der Waals surface area contributed by atoms with Crippen molar-refractivity contribution < 1.29 is 4.74 Å². The topological polar surface area (TPSA) is 38.5 Å². The molecule has 2 fully saturated rings. The van der Waals surface area contributed by atoms with E-state index in [0.29, 0.717) is 12.1 Å². The van der Waals surface area contributed by atoms with Gasteiger partial charge in [-0.3, -0.25) is 4.90 Å². The van der Waals surface area contributed by atoms with Crippen LogP contribution >= 0.6 is 0 Å². The minimum atomic E-state index is 0.264. The lowest BCUT2D eigenvalue weighted by molar-refractivity contribution is -0.107. The summed E-state index contributed by atoms with van der Waals surface area (Å²) in [7, 11) is 1.81. The third-order valence-electron chi connectivity index (χ3n) is 4.34. The van der Waals surface area contributed by atoms with Crippen LogP contribution in [0.25, 0.3) is 0 Å². The number of ether oxygens (including phenoxy) is 1. The van der Waals surface area contributed by atoms with Crippen molar-refractivity contribution in [2.24, 2.45) is 5.73 Å². The van der Waals surface area contributed by atoms with E-state index < -0.39 is 0 Å². The summed E-state index contributed by atoms with van der Waals surface area (Å²) in [5, 5.41) is 0. The highest BCUT2D eigenvalue weighted by molar-refractivity contribution is 5.06. The fourth-order valence-corrected chi connectivity index (χ4v) is 3.28. The molecule has 0 amide bonds. The van der Waals surface area contributed by atoms with Gasteiger partial charge < -0.3 is 10.5 Å². The molecule has 2 rings (SSSR count). The quantitative estimate of drug-likeness (QED) is 0.768. The summed E-state index contributed by atoms with van der Waals surface area (Å²) >= 11 is 0. The van der Waals surface area contributed by atoms with Gasteiger partial charge in [0.1, 0.15) is 0 Å². The first-order valence-corrected chi connectivity index (χ1v) is 6.21. The fraction of sp³-hybridized carbons (Fsp3) is 1.00. The lowest BCUT2D eigenvalue weighted by atomic mass is 9.71. The molecule has 0 aromatic rings. The highest BCUT2D eigenvalue weighted by Crippen LogP contribution is 2.41. The second-order valence-electron chi connectivity index (χ2n) is 5.23. The molecule has 0 aromatic heterocycles. The third-order valence-corrected chi connectivity index (χ3v) is 4.34. The number of rotatable bonds is 3. The van der Waals surface area contributed by atoms with E-state index in [1.807, 2.05) is 7.11 Å². The molecule has 1 unspecified atom stereocenters. The van der Waals surface area contributed by atoms with Gasteiger partial charge in [-0.25, -0.2) is 0 Å². The standard InChI is InChI=1S/C12H24N2O/c1-10-5-3-4-6-14(10)12(9-13)7-11(8-12)15-2/h10-11H,3-9,13H2,1-2H3. The summed E-state index contributed by atoms with van der Waals surface area (Å²) in [4.78, 5) is 2.64. The summed E-state index contributed by atoms with van der Waals surface area (Å²) in [5.74, 6) is 0. The molecule has 1 aliphatic carbocycles. The summed E-state index contributed by atoms with van der Waals surface area (Å²) in [6.07, 6.45) is 6.76. The predicted molar refractivity (Wildman–Crippen MR) is 61.8 cm³/mol. The van der Waals surface area contributed by atoms with Crippen molar-refractivity contribution in [2.45, 2.75) is 56.7 Å². The number of hydrogen-bond acceptors (Lipinski definition) is 3. The maximum atomic E-state index is 5.98. The zero-order chi connectivity index (χ0) is 10.9. The van der Waals surface area contributed by atoms with Gasteiger partial charge in [0.05, 0.1) is 6.10 Å². The molecule has 1 saturated carbocycles. The molecule has 2 N–H and O–H groups in total. The first-order chi connectivity index (χ1) is 7.22. The molecule has 0 spiro atoms. The van der Waals surface area contributed by atoms with E-state index in [-0.39, 0.29) is 5.54 Å². The molecule has 1 saturated heterocycles. The second-order valence-corrected chi connectivity index (χ2v) is 5.23. The van der Waals surface area contributed by atoms with E-state index in [9.17, 15) is 0 Å². The molecule has 0 aromatic carbocycles. The molecule has 0 radical (unpaired) electrons. The normalized spacial score (nSPS) is 42.6. The largest absolute Gasteiger partial charge is 0.381 e. The van der Waals surface area contributed by atoms with Crippen LogP contribution in [0.15, 0.2) is 0 Å². The van der Waals surface area contributed by atoms with Crippen LogP contribution in [0, 0.1) is 0 Å². The molecule has 0 bridgehead atoms. The monoisotopic (exact) mass is 212 g/mol. The van der Waals surface area contributed by atoms with Crippen LogP contribution in [0.1, 0.15) is 39.0 Å². The highest BCUT2D eigenvalue weighted by atomic mass is 16.5. The van der Waals surface area contributed by atoms with Gasteiger partial charge >= 0.3 is 0 Å². The Morgan fingerprint density at radius 3 is 2.67 bits per heavy atom. The molecule has 3 nitrogen and oxygen atoms in total. The van der Waals surface area contributed by atoms with Crippen LogP contribution in [-0.4, -0.2) is 42.8 Å². The Kier molecular flexibility index (Phi) is 3.33.